The lowest BCUT2D eigenvalue weighted by molar-refractivity contribution is 0.470. The summed E-state index contributed by atoms with van der Waals surface area (Å²) in [6.07, 6.45) is 4.98. The molecule has 114 valence electrons. The maximum atomic E-state index is 3.51. The lowest BCUT2D eigenvalue weighted by Gasteiger charge is -2.15. The molecule has 2 aromatic carbocycles. The van der Waals surface area contributed by atoms with Gasteiger partial charge in [0.15, 0.2) is 0 Å². The van der Waals surface area contributed by atoms with Crippen molar-refractivity contribution < 1.29 is 0 Å². The predicted molar refractivity (Wildman–Crippen MR) is 93.9 cm³/mol. The molecule has 2 aromatic rings. The molecule has 2 rings (SSSR count). The summed E-state index contributed by atoms with van der Waals surface area (Å²) in [7, 11) is 0. The third-order valence-electron chi connectivity index (χ3n) is 4.40. The predicted octanol–water partition coefficient (Wildman–Crippen LogP) is 5.11. The van der Waals surface area contributed by atoms with Crippen molar-refractivity contribution in [3.8, 4) is 0 Å². The van der Waals surface area contributed by atoms with Crippen molar-refractivity contribution >= 4 is 10.8 Å². The third-order valence-corrected chi connectivity index (χ3v) is 4.40. The Bertz CT molecular complexity index is 559. The molecule has 0 radical (unpaired) electrons. The average molecular weight is 283 g/mol. The van der Waals surface area contributed by atoms with Crippen molar-refractivity contribution in [2.45, 2.75) is 46.5 Å². The van der Waals surface area contributed by atoms with Crippen LogP contribution in [0.2, 0.25) is 0 Å². The van der Waals surface area contributed by atoms with Crippen LogP contribution in [0, 0.1) is 12.8 Å². The summed E-state index contributed by atoms with van der Waals surface area (Å²) >= 11 is 0. The van der Waals surface area contributed by atoms with E-state index >= 15 is 0 Å². The highest BCUT2D eigenvalue weighted by molar-refractivity contribution is 5.86. The number of fused-ring (bicyclic) bond motifs is 1. The number of benzene rings is 2. The molecule has 0 saturated heterocycles. The summed E-state index contributed by atoms with van der Waals surface area (Å²) in [5.41, 5.74) is 2.98. The van der Waals surface area contributed by atoms with Crippen LogP contribution in [-0.2, 0) is 6.42 Å². The van der Waals surface area contributed by atoms with Crippen molar-refractivity contribution in [1.82, 2.24) is 5.32 Å². The zero-order chi connectivity index (χ0) is 15.1. The molecule has 0 aliphatic rings. The first-order valence-corrected chi connectivity index (χ1v) is 8.40. The van der Waals surface area contributed by atoms with Crippen LogP contribution < -0.4 is 5.32 Å². The average Bonchev–Trinajstić information content (AvgIpc) is 2.50. The second kappa shape index (κ2) is 8.19. The van der Waals surface area contributed by atoms with E-state index in [0.717, 1.165) is 19.0 Å². The van der Waals surface area contributed by atoms with Gasteiger partial charge >= 0.3 is 0 Å². The van der Waals surface area contributed by atoms with Crippen LogP contribution in [0.15, 0.2) is 36.4 Å². The minimum Gasteiger partial charge on any atom is -0.317 e. The van der Waals surface area contributed by atoms with Crippen LogP contribution in [-0.4, -0.2) is 13.1 Å². The highest BCUT2D eigenvalue weighted by atomic mass is 14.8. The molecular formula is C20H29N. The molecule has 21 heavy (non-hydrogen) atoms. The van der Waals surface area contributed by atoms with E-state index in [1.165, 1.54) is 42.0 Å². The number of nitrogens with one attached hydrogen (secondary N) is 1. The number of hydrogen-bond donors (Lipinski definition) is 1. The quantitative estimate of drug-likeness (QED) is 0.664. The van der Waals surface area contributed by atoms with Gasteiger partial charge in [0, 0.05) is 0 Å². The maximum Gasteiger partial charge on any atom is -0.00464 e. The standard InChI is InChI=1S/C20H29N/c1-4-14-21-15-13-16(2)9-12-19-17(3)10-11-18-7-5-6-8-20(18)19/h5-8,10-11,16,21H,4,9,12-15H2,1-3H3. The summed E-state index contributed by atoms with van der Waals surface area (Å²) in [6, 6.07) is 13.3. The molecule has 0 aliphatic carbocycles. The molecule has 0 aromatic heterocycles. The highest BCUT2D eigenvalue weighted by Gasteiger charge is 2.07. The van der Waals surface area contributed by atoms with Gasteiger partial charge in [0.1, 0.15) is 0 Å². The van der Waals surface area contributed by atoms with Gasteiger partial charge in [0.2, 0.25) is 0 Å². The van der Waals surface area contributed by atoms with Gasteiger partial charge in [-0.05, 0) is 73.5 Å². The van der Waals surface area contributed by atoms with Crippen molar-refractivity contribution in [2.24, 2.45) is 5.92 Å². The Morgan fingerprint density at radius 1 is 1.00 bits per heavy atom. The van der Waals surface area contributed by atoms with Crippen molar-refractivity contribution in [3.63, 3.8) is 0 Å². The Balaban J connectivity index is 1.95. The Morgan fingerprint density at radius 3 is 2.62 bits per heavy atom. The number of hydrogen-bond acceptors (Lipinski definition) is 1. The smallest absolute Gasteiger partial charge is 0.00464 e. The van der Waals surface area contributed by atoms with Crippen molar-refractivity contribution in [2.75, 3.05) is 13.1 Å². The van der Waals surface area contributed by atoms with Gasteiger partial charge < -0.3 is 5.32 Å². The first-order chi connectivity index (χ1) is 10.2. The molecule has 1 nitrogen and oxygen atoms in total. The second-order valence-electron chi connectivity index (χ2n) is 6.26. The van der Waals surface area contributed by atoms with Gasteiger partial charge in [-0.2, -0.15) is 0 Å². The lowest BCUT2D eigenvalue weighted by atomic mass is 9.92. The molecule has 0 heterocycles. The van der Waals surface area contributed by atoms with E-state index in [9.17, 15) is 0 Å². The maximum absolute atomic E-state index is 3.51. The van der Waals surface area contributed by atoms with Crippen LogP contribution in [0.1, 0.15) is 44.2 Å². The van der Waals surface area contributed by atoms with Gasteiger partial charge in [0.05, 0.1) is 0 Å². The summed E-state index contributed by atoms with van der Waals surface area (Å²) in [6.45, 7) is 9.15. The second-order valence-corrected chi connectivity index (χ2v) is 6.26. The Labute approximate surface area is 129 Å². The lowest BCUT2D eigenvalue weighted by Crippen LogP contribution is -2.18. The molecule has 1 atom stereocenters. The fourth-order valence-electron chi connectivity index (χ4n) is 2.96. The minimum absolute atomic E-state index is 0.785. The van der Waals surface area contributed by atoms with E-state index in [2.05, 4.69) is 62.5 Å². The fraction of sp³-hybridized carbons (Fsp3) is 0.500. The van der Waals surface area contributed by atoms with Gasteiger partial charge in [-0.25, -0.2) is 0 Å². The zero-order valence-corrected chi connectivity index (χ0v) is 13.8. The summed E-state index contributed by atoms with van der Waals surface area (Å²) in [4.78, 5) is 0. The van der Waals surface area contributed by atoms with Crippen molar-refractivity contribution in [3.05, 3.63) is 47.5 Å². The van der Waals surface area contributed by atoms with Crippen LogP contribution in [0.3, 0.4) is 0 Å². The van der Waals surface area contributed by atoms with E-state index < -0.39 is 0 Å². The van der Waals surface area contributed by atoms with Crippen LogP contribution in [0.4, 0.5) is 0 Å². The van der Waals surface area contributed by atoms with Gasteiger partial charge in [-0.1, -0.05) is 50.2 Å². The van der Waals surface area contributed by atoms with E-state index in [4.69, 9.17) is 0 Å². The van der Waals surface area contributed by atoms with Crippen molar-refractivity contribution in [1.29, 1.82) is 0 Å². The molecule has 0 bridgehead atoms. The van der Waals surface area contributed by atoms with E-state index in [-0.39, 0.29) is 0 Å². The SMILES string of the molecule is CCCNCCC(C)CCc1c(C)ccc2ccccc12. The number of rotatable bonds is 8. The Kier molecular flexibility index (Phi) is 6.25. The molecule has 0 saturated carbocycles. The Morgan fingerprint density at radius 2 is 1.81 bits per heavy atom. The molecule has 0 amide bonds. The van der Waals surface area contributed by atoms with E-state index in [1.54, 1.807) is 5.56 Å². The third kappa shape index (κ3) is 4.57. The molecule has 0 aliphatic heterocycles. The largest absolute Gasteiger partial charge is 0.317 e. The van der Waals surface area contributed by atoms with Gasteiger partial charge in [-0.15, -0.1) is 0 Å². The van der Waals surface area contributed by atoms with Crippen LogP contribution >= 0.6 is 0 Å². The molecular weight excluding hydrogens is 254 g/mol. The summed E-state index contributed by atoms with van der Waals surface area (Å²) in [5, 5.41) is 6.31. The Hall–Kier alpha value is -1.34. The summed E-state index contributed by atoms with van der Waals surface area (Å²) in [5.74, 6) is 0.785. The van der Waals surface area contributed by atoms with E-state index in [1.807, 2.05) is 0 Å². The first-order valence-electron chi connectivity index (χ1n) is 8.40. The monoisotopic (exact) mass is 283 g/mol. The number of aryl methyl sites for hydroxylation is 2. The van der Waals surface area contributed by atoms with Crippen LogP contribution in [0.5, 0.6) is 0 Å². The highest BCUT2D eigenvalue weighted by Crippen LogP contribution is 2.25. The van der Waals surface area contributed by atoms with Crippen LogP contribution in [0.25, 0.3) is 10.8 Å². The zero-order valence-electron chi connectivity index (χ0n) is 13.8. The summed E-state index contributed by atoms with van der Waals surface area (Å²) < 4.78 is 0. The molecule has 1 heteroatoms. The fourth-order valence-corrected chi connectivity index (χ4v) is 2.96. The topological polar surface area (TPSA) is 12.0 Å². The molecule has 0 spiro atoms. The minimum atomic E-state index is 0.785. The normalized spacial score (nSPS) is 12.7. The first kappa shape index (κ1) is 16.0. The van der Waals surface area contributed by atoms with Gasteiger partial charge in [-0.3, -0.25) is 0 Å². The molecule has 0 fully saturated rings. The molecule has 1 unspecified atom stereocenters. The van der Waals surface area contributed by atoms with E-state index in [0.29, 0.717) is 0 Å². The van der Waals surface area contributed by atoms with Gasteiger partial charge in [0.25, 0.3) is 0 Å². The molecule has 1 N–H and O–H groups in total.